The van der Waals surface area contributed by atoms with E-state index in [1.807, 2.05) is 11.3 Å². The Morgan fingerprint density at radius 2 is 1.95 bits per heavy atom. The molecular weight excluding hydrogens is 252 g/mol. The minimum absolute atomic E-state index is 0.436. The van der Waals surface area contributed by atoms with Gasteiger partial charge in [-0.2, -0.15) is 0 Å². The molecule has 1 N–H and O–H groups in total. The van der Waals surface area contributed by atoms with Gasteiger partial charge in [0.25, 0.3) is 0 Å². The van der Waals surface area contributed by atoms with Crippen LogP contribution in [0.2, 0.25) is 0 Å². The first-order valence-corrected chi connectivity index (χ1v) is 7.59. The fourth-order valence-corrected chi connectivity index (χ4v) is 2.77. The number of anilines is 1. The molecule has 0 fully saturated rings. The first kappa shape index (κ1) is 14.1. The lowest BCUT2D eigenvalue weighted by atomic mass is 10.2. The fourth-order valence-electron chi connectivity index (χ4n) is 2.02. The second kappa shape index (κ2) is 6.73. The third-order valence-electron chi connectivity index (χ3n) is 3.34. The predicted octanol–water partition coefficient (Wildman–Crippen LogP) is 3.84. The number of rotatable bonds is 6. The number of benzene rings is 1. The number of thiophene rings is 1. The van der Waals surface area contributed by atoms with Gasteiger partial charge in [0.05, 0.1) is 0 Å². The van der Waals surface area contributed by atoms with E-state index in [0.29, 0.717) is 6.04 Å². The summed E-state index contributed by atoms with van der Waals surface area (Å²) in [5.41, 5.74) is 2.58. The van der Waals surface area contributed by atoms with Crippen molar-refractivity contribution >= 4 is 17.0 Å². The van der Waals surface area contributed by atoms with Gasteiger partial charge >= 0.3 is 0 Å². The molecule has 0 saturated heterocycles. The summed E-state index contributed by atoms with van der Waals surface area (Å²) >= 11 is 1.81. The van der Waals surface area contributed by atoms with E-state index in [1.54, 1.807) is 0 Å². The van der Waals surface area contributed by atoms with Crippen LogP contribution in [0.1, 0.15) is 23.4 Å². The van der Waals surface area contributed by atoms with Crippen molar-refractivity contribution < 1.29 is 0 Å². The van der Waals surface area contributed by atoms with Crippen molar-refractivity contribution in [2.75, 3.05) is 25.0 Å². The van der Waals surface area contributed by atoms with E-state index in [-0.39, 0.29) is 0 Å². The van der Waals surface area contributed by atoms with Crippen molar-refractivity contribution in [3.63, 3.8) is 0 Å². The van der Waals surface area contributed by atoms with Crippen LogP contribution < -0.4 is 10.2 Å². The second-order valence-electron chi connectivity index (χ2n) is 4.95. The van der Waals surface area contributed by atoms with Crippen LogP contribution in [-0.4, -0.2) is 20.1 Å². The van der Waals surface area contributed by atoms with Crippen molar-refractivity contribution in [2.45, 2.75) is 19.9 Å². The monoisotopic (exact) mass is 274 g/mol. The summed E-state index contributed by atoms with van der Waals surface area (Å²) in [5, 5.41) is 5.70. The van der Waals surface area contributed by atoms with E-state index in [0.717, 1.165) is 13.1 Å². The van der Waals surface area contributed by atoms with Gasteiger partial charge in [-0.3, -0.25) is 0 Å². The fraction of sp³-hybridized carbons (Fsp3) is 0.375. The Morgan fingerprint density at radius 3 is 2.58 bits per heavy atom. The summed E-state index contributed by atoms with van der Waals surface area (Å²) in [6, 6.07) is 13.4. The SMILES string of the molecule is Cc1ccc(N(C)CCNC(C)c2cccs2)cc1. The van der Waals surface area contributed by atoms with Crippen LogP contribution in [-0.2, 0) is 0 Å². The zero-order valence-electron chi connectivity index (χ0n) is 11.9. The Labute approximate surface area is 120 Å². The highest BCUT2D eigenvalue weighted by atomic mass is 32.1. The lowest BCUT2D eigenvalue weighted by Crippen LogP contribution is -2.30. The Hall–Kier alpha value is -1.32. The molecule has 2 aromatic rings. The van der Waals surface area contributed by atoms with Gasteiger partial charge in [-0.1, -0.05) is 23.8 Å². The van der Waals surface area contributed by atoms with Gasteiger partial charge in [-0.15, -0.1) is 11.3 Å². The lowest BCUT2D eigenvalue weighted by molar-refractivity contribution is 0.584. The molecule has 1 heterocycles. The molecule has 2 rings (SSSR count). The van der Waals surface area contributed by atoms with Crippen LogP contribution in [0.4, 0.5) is 5.69 Å². The normalized spacial score (nSPS) is 12.4. The molecule has 19 heavy (non-hydrogen) atoms. The van der Waals surface area contributed by atoms with Gasteiger partial charge in [-0.05, 0) is 37.4 Å². The van der Waals surface area contributed by atoms with Crippen LogP contribution in [0.15, 0.2) is 41.8 Å². The minimum Gasteiger partial charge on any atom is -0.373 e. The maximum Gasteiger partial charge on any atom is 0.0386 e. The van der Waals surface area contributed by atoms with Gasteiger partial charge in [0.1, 0.15) is 0 Å². The quantitative estimate of drug-likeness (QED) is 0.861. The summed E-state index contributed by atoms with van der Waals surface area (Å²) < 4.78 is 0. The number of hydrogen-bond acceptors (Lipinski definition) is 3. The maximum absolute atomic E-state index is 3.57. The van der Waals surface area contributed by atoms with Crippen molar-refractivity contribution in [3.8, 4) is 0 Å². The molecule has 2 nitrogen and oxygen atoms in total. The van der Waals surface area contributed by atoms with Crippen LogP contribution in [0.25, 0.3) is 0 Å². The molecule has 0 spiro atoms. The van der Waals surface area contributed by atoms with Crippen molar-refractivity contribution in [2.24, 2.45) is 0 Å². The molecule has 3 heteroatoms. The molecule has 0 aliphatic heterocycles. The molecule has 0 saturated carbocycles. The highest BCUT2D eigenvalue weighted by Crippen LogP contribution is 2.18. The number of likely N-dealkylation sites (N-methyl/N-ethyl adjacent to an activating group) is 1. The largest absolute Gasteiger partial charge is 0.373 e. The molecule has 1 aromatic carbocycles. The molecule has 1 atom stereocenters. The van der Waals surface area contributed by atoms with E-state index in [9.17, 15) is 0 Å². The summed E-state index contributed by atoms with van der Waals surface area (Å²) in [7, 11) is 2.14. The predicted molar refractivity (Wildman–Crippen MR) is 85.2 cm³/mol. The molecular formula is C16H22N2S. The number of nitrogens with zero attached hydrogens (tertiary/aromatic N) is 1. The molecule has 0 bridgehead atoms. The Bertz CT molecular complexity index is 476. The molecule has 0 amide bonds. The van der Waals surface area contributed by atoms with Crippen molar-refractivity contribution in [3.05, 3.63) is 52.2 Å². The topological polar surface area (TPSA) is 15.3 Å². The van der Waals surface area contributed by atoms with Gasteiger partial charge in [0, 0.05) is 36.7 Å². The average Bonchev–Trinajstić information content (AvgIpc) is 2.93. The van der Waals surface area contributed by atoms with Gasteiger partial charge < -0.3 is 10.2 Å². The minimum atomic E-state index is 0.436. The van der Waals surface area contributed by atoms with Crippen LogP contribution >= 0.6 is 11.3 Å². The zero-order chi connectivity index (χ0) is 13.7. The highest BCUT2D eigenvalue weighted by molar-refractivity contribution is 7.10. The third kappa shape index (κ3) is 4.08. The molecule has 0 radical (unpaired) electrons. The van der Waals surface area contributed by atoms with E-state index in [1.165, 1.54) is 16.1 Å². The molecule has 0 aliphatic carbocycles. The smallest absolute Gasteiger partial charge is 0.0386 e. The van der Waals surface area contributed by atoms with Crippen molar-refractivity contribution in [1.82, 2.24) is 5.32 Å². The molecule has 1 aromatic heterocycles. The average molecular weight is 274 g/mol. The van der Waals surface area contributed by atoms with Crippen LogP contribution in [0.5, 0.6) is 0 Å². The summed E-state index contributed by atoms with van der Waals surface area (Å²) in [6.45, 7) is 6.34. The third-order valence-corrected chi connectivity index (χ3v) is 4.40. The molecule has 0 aliphatic rings. The first-order valence-electron chi connectivity index (χ1n) is 6.71. The van der Waals surface area contributed by atoms with E-state index >= 15 is 0 Å². The number of nitrogens with one attached hydrogen (secondary N) is 1. The van der Waals surface area contributed by atoms with E-state index < -0.39 is 0 Å². The van der Waals surface area contributed by atoms with Crippen LogP contribution in [0.3, 0.4) is 0 Å². The van der Waals surface area contributed by atoms with Crippen LogP contribution in [0, 0.1) is 6.92 Å². The van der Waals surface area contributed by atoms with E-state index in [2.05, 4.69) is 72.9 Å². The highest BCUT2D eigenvalue weighted by Gasteiger charge is 2.06. The molecule has 102 valence electrons. The van der Waals surface area contributed by atoms with Crippen molar-refractivity contribution in [1.29, 1.82) is 0 Å². The van der Waals surface area contributed by atoms with Gasteiger partial charge in [0.2, 0.25) is 0 Å². The Kier molecular flexibility index (Phi) is 5.00. The van der Waals surface area contributed by atoms with Gasteiger partial charge in [-0.25, -0.2) is 0 Å². The summed E-state index contributed by atoms with van der Waals surface area (Å²) in [6.07, 6.45) is 0. The zero-order valence-corrected chi connectivity index (χ0v) is 12.7. The second-order valence-corrected chi connectivity index (χ2v) is 5.93. The number of hydrogen-bond donors (Lipinski definition) is 1. The molecule has 1 unspecified atom stereocenters. The van der Waals surface area contributed by atoms with E-state index in [4.69, 9.17) is 0 Å². The maximum atomic E-state index is 3.57. The Morgan fingerprint density at radius 1 is 1.21 bits per heavy atom. The first-order chi connectivity index (χ1) is 9.16. The Balaban J connectivity index is 1.77. The number of aryl methyl sites for hydroxylation is 1. The van der Waals surface area contributed by atoms with Gasteiger partial charge in [0.15, 0.2) is 0 Å². The summed E-state index contributed by atoms with van der Waals surface area (Å²) in [5.74, 6) is 0. The lowest BCUT2D eigenvalue weighted by Gasteiger charge is -2.21. The standard InChI is InChI=1S/C16H22N2S/c1-13-6-8-15(9-7-13)18(3)11-10-17-14(2)16-5-4-12-19-16/h4-9,12,14,17H,10-11H2,1-3H3. The summed E-state index contributed by atoms with van der Waals surface area (Å²) in [4.78, 5) is 3.69.